The van der Waals surface area contributed by atoms with Crippen LogP contribution in [-0.2, 0) is 6.42 Å². The van der Waals surface area contributed by atoms with Crippen molar-refractivity contribution in [2.45, 2.75) is 19.4 Å². The van der Waals surface area contributed by atoms with Crippen LogP contribution in [0.25, 0.3) is 0 Å². The number of hydrogen-bond acceptors (Lipinski definition) is 3. The molecule has 22 heavy (non-hydrogen) atoms. The van der Waals surface area contributed by atoms with Crippen LogP contribution in [0.4, 0.5) is 0 Å². The maximum Gasteiger partial charge on any atom is 0.251 e. The number of aliphatic hydroxyl groups is 1. The molecule has 0 aliphatic carbocycles. The molecule has 2 aromatic carbocycles. The van der Waals surface area contributed by atoms with Crippen molar-refractivity contribution in [2.75, 3.05) is 6.61 Å². The first-order valence-corrected chi connectivity index (χ1v) is 7.18. The molecule has 112 valence electrons. The van der Waals surface area contributed by atoms with Crippen molar-refractivity contribution < 1.29 is 9.90 Å². The van der Waals surface area contributed by atoms with Gasteiger partial charge in [0.25, 0.3) is 5.91 Å². The predicted octanol–water partition coefficient (Wildman–Crippen LogP) is 2.58. The largest absolute Gasteiger partial charge is 0.394 e. The Morgan fingerprint density at radius 2 is 1.82 bits per heavy atom. The molecule has 0 spiro atoms. The molecule has 1 amide bonds. The SMILES string of the molecule is CCc1ccc(C(CO)NC(=O)c2ccc(C#N)cc2)cc1. The molecule has 0 bridgehead atoms. The molecule has 0 aliphatic heterocycles. The van der Waals surface area contributed by atoms with Gasteiger partial charge in [0.1, 0.15) is 0 Å². The number of nitrogens with zero attached hydrogens (tertiary/aromatic N) is 1. The van der Waals surface area contributed by atoms with Gasteiger partial charge in [-0.05, 0) is 41.8 Å². The van der Waals surface area contributed by atoms with E-state index in [9.17, 15) is 9.90 Å². The normalized spacial score (nSPS) is 11.5. The number of carbonyl (C=O) groups excluding carboxylic acids is 1. The van der Waals surface area contributed by atoms with E-state index >= 15 is 0 Å². The van der Waals surface area contributed by atoms with Crippen LogP contribution in [0.5, 0.6) is 0 Å². The third-order valence-corrected chi connectivity index (χ3v) is 3.55. The lowest BCUT2D eigenvalue weighted by Crippen LogP contribution is -2.30. The quantitative estimate of drug-likeness (QED) is 0.890. The summed E-state index contributed by atoms with van der Waals surface area (Å²) in [7, 11) is 0. The Hall–Kier alpha value is -2.64. The summed E-state index contributed by atoms with van der Waals surface area (Å²) in [5, 5.41) is 21.1. The minimum atomic E-state index is -0.450. The molecular weight excluding hydrogens is 276 g/mol. The zero-order valence-electron chi connectivity index (χ0n) is 12.4. The lowest BCUT2D eigenvalue weighted by atomic mass is 10.0. The van der Waals surface area contributed by atoms with Crippen LogP contribution in [-0.4, -0.2) is 17.6 Å². The number of aryl methyl sites for hydroxylation is 1. The Morgan fingerprint density at radius 3 is 2.32 bits per heavy atom. The fraction of sp³-hybridized carbons (Fsp3) is 0.222. The highest BCUT2D eigenvalue weighted by Crippen LogP contribution is 2.15. The van der Waals surface area contributed by atoms with Crippen LogP contribution in [0, 0.1) is 11.3 Å². The topological polar surface area (TPSA) is 73.1 Å². The fourth-order valence-electron chi connectivity index (χ4n) is 2.16. The standard InChI is InChI=1S/C18H18N2O2/c1-2-13-3-7-15(8-4-13)17(12-21)20-18(22)16-9-5-14(11-19)6-10-16/h3-10,17,21H,2,12H2,1H3,(H,20,22). The first-order chi connectivity index (χ1) is 10.7. The van der Waals surface area contributed by atoms with Gasteiger partial charge in [0.2, 0.25) is 0 Å². The summed E-state index contributed by atoms with van der Waals surface area (Å²) in [6.07, 6.45) is 0.946. The Labute approximate surface area is 130 Å². The molecule has 0 saturated heterocycles. The second kappa shape index (κ2) is 7.39. The summed E-state index contributed by atoms with van der Waals surface area (Å²) in [5.41, 5.74) is 3.04. The van der Waals surface area contributed by atoms with Crippen molar-refractivity contribution >= 4 is 5.91 Å². The molecule has 2 aromatic rings. The van der Waals surface area contributed by atoms with Crippen molar-refractivity contribution in [2.24, 2.45) is 0 Å². The highest BCUT2D eigenvalue weighted by atomic mass is 16.3. The molecule has 2 rings (SSSR count). The van der Waals surface area contributed by atoms with Crippen molar-refractivity contribution in [3.63, 3.8) is 0 Å². The molecule has 4 heteroatoms. The summed E-state index contributed by atoms with van der Waals surface area (Å²) in [6, 6.07) is 15.8. The predicted molar refractivity (Wildman–Crippen MR) is 84.3 cm³/mol. The number of nitrogens with one attached hydrogen (secondary N) is 1. The number of benzene rings is 2. The number of hydrogen-bond donors (Lipinski definition) is 2. The van der Waals surface area contributed by atoms with Gasteiger partial charge in [0, 0.05) is 5.56 Å². The van der Waals surface area contributed by atoms with E-state index < -0.39 is 6.04 Å². The van der Waals surface area contributed by atoms with Crippen molar-refractivity contribution in [3.8, 4) is 6.07 Å². The summed E-state index contributed by atoms with van der Waals surface area (Å²) in [6.45, 7) is 1.90. The van der Waals surface area contributed by atoms with E-state index in [4.69, 9.17) is 5.26 Å². The average Bonchev–Trinajstić information content (AvgIpc) is 2.59. The van der Waals surface area contributed by atoms with Crippen LogP contribution in [0.1, 0.15) is 40.0 Å². The first kappa shape index (κ1) is 15.7. The van der Waals surface area contributed by atoms with Gasteiger partial charge in [0.15, 0.2) is 0 Å². The Bertz CT molecular complexity index is 670. The van der Waals surface area contributed by atoms with Crippen molar-refractivity contribution in [3.05, 3.63) is 70.8 Å². The van der Waals surface area contributed by atoms with Gasteiger partial charge in [-0.15, -0.1) is 0 Å². The molecule has 2 N–H and O–H groups in total. The van der Waals surface area contributed by atoms with E-state index in [2.05, 4.69) is 12.2 Å². The molecular formula is C18H18N2O2. The highest BCUT2D eigenvalue weighted by Gasteiger charge is 2.14. The van der Waals surface area contributed by atoms with Gasteiger partial charge < -0.3 is 10.4 Å². The highest BCUT2D eigenvalue weighted by molar-refractivity contribution is 5.94. The minimum absolute atomic E-state index is 0.173. The van der Waals surface area contributed by atoms with Crippen LogP contribution >= 0.6 is 0 Å². The number of carbonyl (C=O) groups is 1. The maximum atomic E-state index is 12.2. The van der Waals surface area contributed by atoms with Gasteiger partial charge in [-0.1, -0.05) is 31.2 Å². The zero-order chi connectivity index (χ0) is 15.9. The summed E-state index contributed by atoms with van der Waals surface area (Å²) < 4.78 is 0. The van der Waals surface area contributed by atoms with E-state index in [1.807, 2.05) is 30.3 Å². The molecule has 0 radical (unpaired) electrons. The van der Waals surface area contributed by atoms with Crippen LogP contribution < -0.4 is 5.32 Å². The minimum Gasteiger partial charge on any atom is -0.394 e. The van der Waals surface area contributed by atoms with Crippen LogP contribution in [0.2, 0.25) is 0 Å². The molecule has 0 aliphatic rings. The first-order valence-electron chi connectivity index (χ1n) is 7.18. The lowest BCUT2D eigenvalue weighted by molar-refractivity contribution is 0.0916. The molecule has 0 aromatic heterocycles. The van der Waals surface area contributed by atoms with Gasteiger partial charge >= 0.3 is 0 Å². The van der Waals surface area contributed by atoms with E-state index in [1.54, 1.807) is 24.3 Å². The Morgan fingerprint density at radius 1 is 1.18 bits per heavy atom. The third kappa shape index (κ3) is 3.72. The number of aliphatic hydroxyl groups excluding tert-OH is 1. The maximum absolute atomic E-state index is 12.2. The molecule has 4 nitrogen and oxygen atoms in total. The lowest BCUT2D eigenvalue weighted by Gasteiger charge is -2.17. The summed E-state index contributed by atoms with van der Waals surface area (Å²) in [5.74, 6) is -0.275. The summed E-state index contributed by atoms with van der Waals surface area (Å²) in [4.78, 5) is 12.2. The summed E-state index contributed by atoms with van der Waals surface area (Å²) >= 11 is 0. The van der Waals surface area contributed by atoms with Crippen molar-refractivity contribution in [1.29, 1.82) is 5.26 Å². The zero-order valence-corrected chi connectivity index (χ0v) is 12.4. The number of nitriles is 1. The van der Waals surface area contributed by atoms with Gasteiger partial charge in [-0.25, -0.2) is 0 Å². The molecule has 0 heterocycles. The molecule has 1 unspecified atom stereocenters. The second-order valence-corrected chi connectivity index (χ2v) is 4.99. The van der Waals surface area contributed by atoms with Crippen molar-refractivity contribution in [1.82, 2.24) is 5.32 Å². The monoisotopic (exact) mass is 294 g/mol. The fourth-order valence-corrected chi connectivity index (χ4v) is 2.16. The average molecular weight is 294 g/mol. The van der Waals surface area contributed by atoms with E-state index in [0.29, 0.717) is 11.1 Å². The molecule has 0 fully saturated rings. The van der Waals surface area contributed by atoms with E-state index in [1.165, 1.54) is 5.56 Å². The van der Waals surface area contributed by atoms with Gasteiger partial charge in [-0.2, -0.15) is 5.26 Å². The van der Waals surface area contributed by atoms with Crippen LogP contribution in [0.15, 0.2) is 48.5 Å². The van der Waals surface area contributed by atoms with Gasteiger partial charge in [0.05, 0.1) is 24.3 Å². The molecule has 0 saturated carbocycles. The van der Waals surface area contributed by atoms with E-state index in [0.717, 1.165) is 12.0 Å². The van der Waals surface area contributed by atoms with E-state index in [-0.39, 0.29) is 12.5 Å². The Balaban J connectivity index is 2.11. The third-order valence-electron chi connectivity index (χ3n) is 3.55. The number of amides is 1. The molecule has 1 atom stereocenters. The van der Waals surface area contributed by atoms with Crippen LogP contribution in [0.3, 0.4) is 0 Å². The second-order valence-electron chi connectivity index (χ2n) is 4.99. The smallest absolute Gasteiger partial charge is 0.251 e. The number of rotatable bonds is 5. The Kier molecular flexibility index (Phi) is 5.29. The van der Waals surface area contributed by atoms with Gasteiger partial charge in [-0.3, -0.25) is 4.79 Å².